The molecule has 0 atom stereocenters. The van der Waals surface area contributed by atoms with Gasteiger partial charge in [-0.2, -0.15) is 5.10 Å². The third kappa shape index (κ3) is 3.44. The number of nitrogens with one attached hydrogen (secondary N) is 2. The van der Waals surface area contributed by atoms with Crippen LogP contribution in [0.3, 0.4) is 0 Å². The summed E-state index contributed by atoms with van der Waals surface area (Å²) in [7, 11) is 0. The van der Waals surface area contributed by atoms with Gasteiger partial charge in [-0.1, -0.05) is 43.7 Å². The van der Waals surface area contributed by atoms with Crippen LogP contribution in [-0.2, 0) is 6.42 Å². The van der Waals surface area contributed by atoms with Crippen LogP contribution in [0.5, 0.6) is 0 Å². The van der Waals surface area contributed by atoms with Crippen LogP contribution in [0.1, 0.15) is 25.3 Å². The number of unbranched alkanes of at least 4 members (excludes halogenated alkanes) is 1. The molecule has 2 aromatic heterocycles. The number of H-pyrrole nitrogens is 1. The van der Waals surface area contributed by atoms with Gasteiger partial charge in [0, 0.05) is 32.8 Å². The average Bonchev–Trinajstić information content (AvgIpc) is 3.27. The number of benzene rings is 2. The van der Waals surface area contributed by atoms with E-state index in [0.29, 0.717) is 0 Å². The van der Waals surface area contributed by atoms with Crippen LogP contribution in [0.2, 0.25) is 0 Å². The fraction of sp³-hybridized carbons (Fsp3) is 0.190. The number of aromatic amines is 1. The SMILES string of the molecule is CCCCc1ccc(Nc2cc(-c3csc4ccccc34)[nH]n2)cc1. The lowest BCUT2D eigenvalue weighted by Crippen LogP contribution is -1.91. The summed E-state index contributed by atoms with van der Waals surface area (Å²) >= 11 is 1.76. The molecule has 126 valence electrons. The maximum atomic E-state index is 4.41. The van der Waals surface area contributed by atoms with Crippen molar-refractivity contribution in [2.45, 2.75) is 26.2 Å². The van der Waals surface area contributed by atoms with Crippen LogP contribution in [-0.4, -0.2) is 10.2 Å². The first-order valence-electron chi connectivity index (χ1n) is 8.71. The second kappa shape index (κ2) is 7.11. The molecule has 4 heteroatoms. The average molecular weight is 347 g/mol. The van der Waals surface area contributed by atoms with E-state index in [9.17, 15) is 0 Å². The highest BCUT2D eigenvalue weighted by Crippen LogP contribution is 2.33. The minimum Gasteiger partial charge on any atom is -0.339 e. The number of nitrogens with zero attached hydrogens (tertiary/aromatic N) is 1. The molecule has 0 aliphatic carbocycles. The van der Waals surface area contributed by atoms with Gasteiger partial charge < -0.3 is 5.32 Å². The molecule has 0 fully saturated rings. The highest BCUT2D eigenvalue weighted by molar-refractivity contribution is 7.17. The molecule has 4 rings (SSSR count). The molecule has 25 heavy (non-hydrogen) atoms. The van der Waals surface area contributed by atoms with E-state index in [-0.39, 0.29) is 0 Å². The predicted molar refractivity (Wildman–Crippen MR) is 108 cm³/mol. The van der Waals surface area contributed by atoms with Crippen molar-refractivity contribution in [1.29, 1.82) is 0 Å². The topological polar surface area (TPSA) is 40.7 Å². The lowest BCUT2D eigenvalue weighted by molar-refractivity contribution is 0.795. The minimum atomic E-state index is 0.839. The molecule has 0 amide bonds. The van der Waals surface area contributed by atoms with Crippen molar-refractivity contribution in [3.63, 3.8) is 0 Å². The number of hydrogen-bond acceptors (Lipinski definition) is 3. The first-order chi connectivity index (χ1) is 12.3. The molecule has 0 radical (unpaired) electrons. The van der Waals surface area contributed by atoms with E-state index in [1.807, 2.05) is 0 Å². The Morgan fingerprint density at radius 3 is 2.76 bits per heavy atom. The van der Waals surface area contributed by atoms with Crippen LogP contribution >= 0.6 is 11.3 Å². The van der Waals surface area contributed by atoms with Gasteiger partial charge in [0.2, 0.25) is 0 Å². The lowest BCUT2D eigenvalue weighted by Gasteiger charge is -2.04. The molecule has 3 nitrogen and oxygen atoms in total. The molecule has 0 spiro atoms. The molecule has 0 aliphatic heterocycles. The highest BCUT2D eigenvalue weighted by atomic mass is 32.1. The Bertz CT molecular complexity index is 966. The second-order valence-corrected chi connectivity index (χ2v) is 7.15. The molecule has 4 aromatic rings. The zero-order chi connectivity index (χ0) is 17.1. The maximum Gasteiger partial charge on any atom is 0.152 e. The Hall–Kier alpha value is -2.59. The van der Waals surface area contributed by atoms with Crippen LogP contribution in [0.15, 0.2) is 60.0 Å². The van der Waals surface area contributed by atoms with Gasteiger partial charge in [0.25, 0.3) is 0 Å². The van der Waals surface area contributed by atoms with Crippen LogP contribution < -0.4 is 5.32 Å². The summed E-state index contributed by atoms with van der Waals surface area (Å²) in [4.78, 5) is 0. The van der Waals surface area contributed by atoms with Crippen molar-refractivity contribution in [2.75, 3.05) is 5.32 Å². The Morgan fingerprint density at radius 1 is 1.08 bits per heavy atom. The number of hydrogen-bond donors (Lipinski definition) is 2. The van der Waals surface area contributed by atoms with Crippen molar-refractivity contribution in [3.05, 3.63) is 65.5 Å². The summed E-state index contributed by atoms with van der Waals surface area (Å²) in [5.41, 5.74) is 4.70. The van der Waals surface area contributed by atoms with E-state index >= 15 is 0 Å². The van der Waals surface area contributed by atoms with Gasteiger partial charge in [0.15, 0.2) is 5.82 Å². The van der Waals surface area contributed by atoms with Crippen molar-refractivity contribution in [3.8, 4) is 11.3 Å². The van der Waals surface area contributed by atoms with E-state index in [0.717, 1.165) is 23.6 Å². The van der Waals surface area contributed by atoms with Crippen molar-refractivity contribution in [2.24, 2.45) is 0 Å². The number of aromatic nitrogens is 2. The fourth-order valence-corrected chi connectivity index (χ4v) is 3.95. The van der Waals surface area contributed by atoms with Gasteiger partial charge >= 0.3 is 0 Å². The van der Waals surface area contributed by atoms with Crippen molar-refractivity contribution >= 4 is 32.9 Å². The number of anilines is 2. The molecular formula is C21H21N3S. The molecule has 0 saturated heterocycles. The second-order valence-electron chi connectivity index (χ2n) is 6.24. The van der Waals surface area contributed by atoms with Gasteiger partial charge in [0.1, 0.15) is 0 Å². The molecule has 2 N–H and O–H groups in total. The molecule has 0 saturated carbocycles. The van der Waals surface area contributed by atoms with Crippen LogP contribution in [0.4, 0.5) is 11.5 Å². The third-order valence-electron chi connectivity index (χ3n) is 4.39. The van der Waals surface area contributed by atoms with Crippen molar-refractivity contribution in [1.82, 2.24) is 10.2 Å². The third-order valence-corrected chi connectivity index (χ3v) is 5.36. The van der Waals surface area contributed by atoms with E-state index in [4.69, 9.17) is 0 Å². The zero-order valence-electron chi connectivity index (χ0n) is 14.3. The number of rotatable bonds is 6. The first-order valence-corrected chi connectivity index (χ1v) is 9.59. The molecule has 2 heterocycles. The first kappa shape index (κ1) is 15.9. The maximum absolute atomic E-state index is 4.41. The smallest absolute Gasteiger partial charge is 0.152 e. The van der Waals surface area contributed by atoms with Crippen molar-refractivity contribution < 1.29 is 0 Å². The molecule has 0 aliphatic rings. The fourth-order valence-electron chi connectivity index (χ4n) is 2.99. The molecular weight excluding hydrogens is 326 g/mol. The van der Waals surface area contributed by atoms with E-state index in [1.165, 1.54) is 34.1 Å². The van der Waals surface area contributed by atoms with Gasteiger partial charge in [0.05, 0.1) is 5.69 Å². The number of aryl methyl sites for hydroxylation is 1. The minimum absolute atomic E-state index is 0.839. The zero-order valence-corrected chi connectivity index (χ0v) is 15.1. The van der Waals surface area contributed by atoms with E-state index in [1.54, 1.807) is 11.3 Å². The van der Waals surface area contributed by atoms with E-state index in [2.05, 4.69) is 82.4 Å². The summed E-state index contributed by atoms with van der Waals surface area (Å²) in [6.07, 6.45) is 3.62. The highest BCUT2D eigenvalue weighted by Gasteiger charge is 2.09. The standard InChI is InChI=1S/C21H21N3S/c1-2-3-6-15-9-11-16(12-10-15)22-21-13-19(23-24-21)18-14-25-20-8-5-4-7-17(18)20/h4-5,7-14H,2-3,6H2,1H3,(H2,22,23,24). The molecule has 0 bridgehead atoms. The Balaban J connectivity index is 1.51. The Labute approximate surface area is 151 Å². The van der Waals surface area contributed by atoms with Gasteiger partial charge in [-0.3, -0.25) is 5.10 Å². The lowest BCUT2D eigenvalue weighted by atomic mass is 10.1. The normalized spacial score (nSPS) is 11.1. The van der Waals surface area contributed by atoms with Gasteiger partial charge in [-0.05, 0) is 36.6 Å². The van der Waals surface area contributed by atoms with E-state index < -0.39 is 0 Å². The monoisotopic (exact) mass is 347 g/mol. The Morgan fingerprint density at radius 2 is 1.92 bits per heavy atom. The summed E-state index contributed by atoms with van der Waals surface area (Å²) in [5.74, 6) is 0.839. The number of fused-ring (bicyclic) bond motifs is 1. The summed E-state index contributed by atoms with van der Waals surface area (Å²) in [6, 6.07) is 19.2. The molecule has 2 aromatic carbocycles. The summed E-state index contributed by atoms with van der Waals surface area (Å²) in [6.45, 7) is 2.22. The summed E-state index contributed by atoms with van der Waals surface area (Å²) in [5, 5.41) is 14.4. The summed E-state index contributed by atoms with van der Waals surface area (Å²) < 4.78 is 1.30. The van der Waals surface area contributed by atoms with Crippen LogP contribution in [0.25, 0.3) is 21.3 Å². The predicted octanol–water partition coefficient (Wildman–Crippen LogP) is 6.38. The Kier molecular flexibility index (Phi) is 4.53. The van der Waals surface area contributed by atoms with Gasteiger partial charge in [-0.15, -0.1) is 11.3 Å². The quantitative estimate of drug-likeness (QED) is 0.425. The number of thiophene rings is 1. The largest absolute Gasteiger partial charge is 0.339 e. The van der Waals surface area contributed by atoms with Crippen LogP contribution in [0, 0.1) is 0 Å². The molecule has 0 unspecified atom stereocenters. The van der Waals surface area contributed by atoms with Gasteiger partial charge in [-0.25, -0.2) is 0 Å².